The van der Waals surface area contributed by atoms with Crippen molar-refractivity contribution in [1.29, 1.82) is 0 Å². The van der Waals surface area contributed by atoms with Crippen molar-refractivity contribution in [2.45, 2.75) is 51.2 Å². The summed E-state index contributed by atoms with van der Waals surface area (Å²) in [7, 11) is 0. The molecule has 24 heavy (non-hydrogen) atoms. The van der Waals surface area contributed by atoms with E-state index in [4.69, 9.17) is 11.6 Å². The fourth-order valence-corrected chi connectivity index (χ4v) is 3.25. The van der Waals surface area contributed by atoms with Gasteiger partial charge in [-0.25, -0.2) is 14.5 Å². The van der Waals surface area contributed by atoms with Gasteiger partial charge in [0.05, 0.1) is 12.6 Å². The lowest BCUT2D eigenvalue weighted by atomic mass is 9.95. The molecule has 0 aliphatic carbocycles. The highest BCUT2D eigenvalue weighted by atomic mass is 35.5. The average molecular weight is 348 g/mol. The summed E-state index contributed by atoms with van der Waals surface area (Å²) in [5.41, 5.74) is 0.622. The van der Waals surface area contributed by atoms with E-state index in [1.165, 1.54) is 0 Å². The molecule has 128 valence electrons. The van der Waals surface area contributed by atoms with E-state index in [0.717, 1.165) is 29.3 Å². The van der Waals surface area contributed by atoms with Crippen LogP contribution in [0.2, 0.25) is 5.02 Å². The van der Waals surface area contributed by atoms with Crippen LogP contribution in [0.5, 0.6) is 0 Å². The Bertz CT molecular complexity index is 727. The Morgan fingerprint density at radius 1 is 1.42 bits per heavy atom. The molecule has 0 saturated heterocycles. The van der Waals surface area contributed by atoms with Gasteiger partial charge in [-0.15, -0.1) is 0 Å². The smallest absolute Gasteiger partial charge is 0.315 e. The van der Waals surface area contributed by atoms with Gasteiger partial charge in [0.15, 0.2) is 0 Å². The fourth-order valence-electron chi connectivity index (χ4n) is 3.05. The van der Waals surface area contributed by atoms with E-state index in [0.29, 0.717) is 13.0 Å². The van der Waals surface area contributed by atoms with Gasteiger partial charge >= 0.3 is 6.03 Å². The summed E-state index contributed by atoms with van der Waals surface area (Å²) in [6, 6.07) is 7.60. The minimum atomic E-state index is -0.401. The quantitative estimate of drug-likeness (QED) is 0.892. The molecule has 0 spiro atoms. The van der Waals surface area contributed by atoms with Gasteiger partial charge in [-0.05, 0) is 38.3 Å². The van der Waals surface area contributed by atoms with E-state index in [1.54, 1.807) is 6.33 Å². The first-order chi connectivity index (χ1) is 11.4. The molecule has 0 radical (unpaired) electrons. The van der Waals surface area contributed by atoms with Crippen LogP contribution in [-0.4, -0.2) is 32.4 Å². The summed E-state index contributed by atoms with van der Waals surface area (Å²) in [5.74, 6) is 0.979. The molecule has 0 bridgehead atoms. The third-order valence-electron chi connectivity index (χ3n) is 4.18. The maximum Gasteiger partial charge on any atom is 0.315 e. The van der Waals surface area contributed by atoms with Crippen LogP contribution in [0.4, 0.5) is 4.79 Å². The molecule has 7 heteroatoms. The molecule has 1 aliphatic heterocycles. The van der Waals surface area contributed by atoms with Gasteiger partial charge in [-0.2, -0.15) is 5.10 Å². The zero-order valence-electron chi connectivity index (χ0n) is 13.9. The number of rotatable bonds is 4. The Morgan fingerprint density at radius 3 is 3.00 bits per heavy atom. The second-order valence-corrected chi connectivity index (χ2v) is 7.25. The highest BCUT2D eigenvalue weighted by Crippen LogP contribution is 2.21. The van der Waals surface area contributed by atoms with E-state index < -0.39 is 5.54 Å². The van der Waals surface area contributed by atoms with Gasteiger partial charge < -0.3 is 10.6 Å². The Morgan fingerprint density at radius 2 is 2.21 bits per heavy atom. The number of benzene rings is 1. The summed E-state index contributed by atoms with van der Waals surface area (Å²) < 4.78 is 1.85. The van der Waals surface area contributed by atoms with Gasteiger partial charge in [0, 0.05) is 17.0 Å². The van der Waals surface area contributed by atoms with Crippen molar-refractivity contribution in [2.75, 3.05) is 0 Å². The van der Waals surface area contributed by atoms with E-state index >= 15 is 0 Å². The molecule has 1 atom stereocenters. The Kier molecular flexibility index (Phi) is 4.76. The molecular formula is C17H22ClN5O. The molecule has 2 N–H and O–H groups in total. The van der Waals surface area contributed by atoms with Crippen LogP contribution in [0.3, 0.4) is 0 Å². The maximum absolute atomic E-state index is 12.4. The van der Waals surface area contributed by atoms with Gasteiger partial charge in [-0.1, -0.05) is 29.8 Å². The second-order valence-electron chi connectivity index (χ2n) is 6.84. The zero-order valence-corrected chi connectivity index (χ0v) is 14.7. The van der Waals surface area contributed by atoms with Crippen LogP contribution in [0.1, 0.15) is 31.7 Å². The number of aromatic nitrogens is 3. The van der Waals surface area contributed by atoms with Gasteiger partial charge in [0.25, 0.3) is 0 Å². The molecule has 0 unspecified atom stereocenters. The van der Waals surface area contributed by atoms with Crippen molar-refractivity contribution in [3.8, 4) is 0 Å². The standard InChI is InChI=1S/C17H22ClN5O/c1-17(2,9-12-5-3-4-6-14(12)18)22-16(24)21-13-7-8-15-19-11-20-23(15)10-13/h3-6,11,13H,7-10H2,1-2H3,(H2,21,22,24)/t13-/m0/s1. The third-order valence-corrected chi connectivity index (χ3v) is 4.55. The number of halogens is 1. The molecule has 3 rings (SSSR count). The Hall–Kier alpha value is -2.08. The Balaban J connectivity index is 1.55. The molecule has 1 aromatic heterocycles. The average Bonchev–Trinajstić information content (AvgIpc) is 2.96. The minimum Gasteiger partial charge on any atom is -0.334 e. The van der Waals surface area contributed by atoms with Gasteiger partial charge in [0.1, 0.15) is 12.2 Å². The molecule has 1 aliphatic rings. The number of nitrogens with one attached hydrogen (secondary N) is 2. The van der Waals surface area contributed by atoms with E-state index in [-0.39, 0.29) is 12.1 Å². The minimum absolute atomic E-state index is 0.0651. The SMILES string of the molecule is CC(C)(Cc1ccccc1Cl)NC(=O)N[C@H]1CCc2ncnn2C1. The molecule has 6 nitrogen and oxygen atoms in total. The van der Waals surface area contributed by atoms with E-state index in [2.05, 4.69) is 20.7 Å². The number of amides is 2. The number of nitrogens with zero attached hydrogens (tertiary/aromatic N) is 3. The van der Waals surface area contributed by atoms with Gasteiger partial charge in [-0.3, -0.25) is 0 Å². The highest BCUT2D eigenvalue weighted by molar-refractivity contribution is 6.31. The third kappa shape index (κ3) is 4.06. The number of aryl methyl sites for hydroxylation is 1. The molecule has 2 aromatic rings. The lowest BCUT2D eigenvalue weighted by Gasteiger charge is -2.29. The summed E-state index contributed by atoms with van der Waals surface area (Å²) in [6.07, 6.45) is 3.92. The van der Waals surface area contributed by atoms with Crippen LogP contribution in [0.25, 0.3) is 0 Å². The largest absolute Gasteiger partial charge is 0.334 e. The summed E-state index contributed by atoms with van der Waals surface area (Å²) >= 11 is 6.22. The van der Waals surface area contributed by atoms with E-state index in [9.17, 15) is 4.79 Å². The fraction of sp³-hybridized carbons (Fsp3) is 0.471. The number of carbonyl (C=O) groups is 1. The van der Waals surface area contributed by atoms with Crippen LogP contribution < -0.4 is 10.6 Å². The van der Waals surface area contributed by atoms with Crippen LogP contribution >= 0.6 is 11.6 Å². The van der Waals surface area contributed by atoms with Crippen molar-refractivity contribution in [3.05, 3.63) is 47.0 Å². The number of carbonyl (C=O) groups excluding carboxylic acids is 1. The monoisotopic (exact) mass is 347 g/mol. The van der Waals surface area contributed by atoms with Crippen molar-refractivity contribution < 1.29 is 4.79 Å². The topological polar surface area (TPSA) is 71.8 Å². The molecule has 0 saturated carbocycles. The first-order valence-electron chi connectivity index (χ1n) is 8.12. The van der Waals surface area contributed by atoms with Crippen LogP contribution in [0.15, 0.2) is 30.6 Å². The summed E-state index contributed by atoms with van der Waals surface area (Å²) in [5, 5.41) is 11.0. The molecule has 2 amide bonds. The molecule has 2 heterocycles. The maximum atomic E-state index is 12.4. The predicted molar refractivity (Wildman–Crippen MR) is 93.0 cm³/mol. The van der Waals surface area contributed by atoms with Gasteiger partial charge in [0.2, 0.25) is 0 Å². The molecular weight excluding hydrogens is 326 g/mol. The first-order valence-corrected chi connectivity index (χ1v) is 8.49. The van der Waals surface area contributed by atoms with Crippen molar-refractivity contribution in [3.63, 3.8) is 0 Å². The van der Waals surface area contributed by atoms with E-state index in [1.807, 2.05) is 42.8 Å². The zero-order chi connectivity index (χ0) is 17.2. The lowest BCUT2D eigenvalue weighted by Crippen LogP contribution is -2.53. The van der Waals surface area contributed by atoms with Crippen LogP contribution in [0, 0.1) is 0 Å². The van der Waals surface area contributed by atoms with Crippen molar-refractivity contribution in [1.82, 2.24) is 25.4 Å². The molecule has 0 fully saturated rings. The second kappa shape index (κ2) is 6.81. The number of fused-ring (bicyclic) bond motifs is 1. The molecule has 1 aromatic carbocycles. The van der Waals surface area contributed by atoms with Crippen molar-refractivity contribution in [2.24, 2.45) is 0 Å². The highest BCUT2D eigenvalue weighted by Gasteiger charge is 2.25. The predicted octanol–water partition coefficient (Wildman–Crippen LogP) is 2.57. The van der Waals surface area contributed by atoms with Crippen LogP contribution in [-0.2, 0) is 19.4 Å². The summed E-state index contributed by atoms with van der Waals surface area (Å²) in [6.45, 7) is 4.65. The first kappa shape index (κ1) is 16.8. The lowest BCUT2D eigenvalue weighted by molar-refractivity contribution is 0.221. The number of hydrogen-bond acceptors (Lipinski definition) is 3. The summed E-state index contributed by atoms with van der Waals surface area (Å²) in [4.78, 5) is 16.5. The normalized spacial score (nSPS) is 17.2. The van der Waals surface area contributed by atoms with Crippen molar-refractivity contribution >= 4 is 17.6 Å². The Labute approximate surface area is 146 Å². The number of urea groups is 1. The number of hydrogen-bond donors (Lipinski definition) is 2.